The standard InChI is InChI=1S/C16H19NO3/c1-11-9-14(20-12(11)2)15(18)17-10-16(3,19)13-7-5-4-6-8-13/h4-9,19H,10H2,1-3H3,(H,17,18). The first-order valence-electron chi connectivity index (χ1n) is 6.53. The third-order valence-corrected chi connectivity index (χ3v) is 3.38. The van der Waals surface area contributed by atoms with E-state index < -0.39 is 5.60 Å². The van der Waals surface area contributed by atoms with Crippen molar-refractivity contribution in [1.82, 2.24) is 5.32 Å². The van der Waals surface area contributed by atoms with Gasteiger partial charge >= 0.3 is 0 Å². The molecular formula is C16H19NO3. The Morgan fingerprint density at radius 3 is 2.50 bits per heavy atom. The molecule has 106 valence electrons. The fourth-order valence-electron chi connectivity index (χ4n) is 1.92. The van der Waals surface area contributed by atoms with Gasteiger partial charge in [-0.1, -0.05) is 30.3 Å². The number of carbonyl (C=O) groups is 1. The number of rotatable bonds is 4. The molecule has 0 aliphatic heterocycles. The fraction of sp³-hybridized carbons (Fsp3) is 0.312. The number of furan rings is 1. The van der Waals surface area contributed by atoms with Crippen molar-refractivity contribution in [2.75, 3.05) is 6.54 Å². The van der Waals surface area contributed by atoms with Gasteiger partial charge in [0.1, 0.15) is 11.4 Å². The molecule has 0 spiro atoms. The van der Waals surface area contributed by atoms with Crippen LogP contribution >= 0.6 is 0 Å². The second kappa shape index (κ2) is 5.51. The van der Waals surface area contributed by atoms with Crippen molar-refractivity contribution in [2.24, 2.45) is 0 Å². The molecule has 0 radical (unpaired) electrons. The van der Waals surface area contributed by atoms with Crippen LogP contribution in [0.25, 0.3) is 0 Å². The number of aryl methyl sites for hydroxylation is 2. The minimum Gasteiger partial charge on any atom is -0.456 e. The number of nitrogens with one attached hydrogen (secondary N) is 1. The van der Waals surface area contributed by atoms with Crippen molar-refractivity contribution >= 4 is 5.91 Å². The maximum atomic E-state index is 12.0. The normalized spacial score (nSPS) is 13.8. The van der Waals surface area contributed by atoms with E-state index in [9.17, 15) is 9.90 Å². The number of carbonyl (C=O) groups excluding carboxylic acids is 1. The molecule has 0 saturated heterocycles. The Morgan fingerprint density at radius 2 is 1.95 bits per heavy atom. The predicted molar refractivity (Wildman–Crippen MR) is 76.5 cm³/mol. The summed E-state index contributed by atoms with van der Waals surface area (Å²) in [6.07, 6.45) is 0. The van der Waals surface area contributed by atoms with Crippen molar-refractivity contribution in [3.8, 4) is 0 Å². The van der Waals surface area contributed by atoms with Crippen LogP contribution in [-0.4, -0.2) is 17.6 Å². The van der Waals surface area contributed by atoms with Crippen molar-refractivity contribution in [2.45, 2.75) is 26.4 Å². The van der Waals surface area contributed by atoms with Crippen molar-refractivity contribution in [3.63, 3.8) is 0 Å². The molecule has 2 N–H and O–H groups in total. The Hall–Kier alpha value is -2.07. The van der Waals surface area contributed by atoms with Gasteiger partial charge in [-0.2, -0.15) is 0 Å². The summed E-state index contributed by atoms with van der Waals surface area (Å²) < 4.78 is 5.35. The molecular weight excluding hydrogens is 254 g/mol. The zero-order valence-electron chi connectivity index (χ0n) is 11.9. The highest BCUT2D eigenvalue weighted by Crippen LogP contribution is 2.19. The molecule has 4 nitrogen and oxygen atoms in total. The quantitative estimate of drug-likeness (QED) is 0.899. The highest BCUT2D eigenvalue weighted by Gasteiger charge is 2.24. The summed E-state index contributed by atoms with van der Waals surface area (Å²) in [5.74, 6) is 0.672. The maximum absolute atomic E-state index is 12.0. The average Bonchev–Trinajstić information content (AvgIpc) is 2.77. The Bertz CT molecular complexity index is 580. The summed E-state index contributed by atoms with van der Waals surface area (Å²) >= 11 is 0. The third kappa shape index (κ3) is 3.08. The lowest BCUT2D eigenvalue weighted by Crippen LogP contribution is -2.38. The summed E-state index contributed by atoms with van der Waals surface area (Å²) in [4.78, 5) is 12.0. The number of hydrogen-bond acceptors (Lipinski definition) is 3. The lowest BCUT2D eigenvalue weighted by Gasteiger charge is -2.23. The molecule has 0 saturated carbocycles. The molecule has 0 aliphatic carbocycles. The van der Waals surface area contributed by atoms with Crippen molar-refractivity contribution < 1.29 is 14.3 Å². The first-order valence-corrected chi connectivity index (χ1v) is 6.53. The second-order valence-electron chi connectivity index (χ2n) is 5.17. The van der Waals surface area contributed by atoms with Gasteiger partial charge < -0.3 is 14.8 Å². The summed E-state index contributed by atoms with van der Waals surface area (Å²) in [6.45, 7) is 5.48. The summed E-state index contributed by atoms with van der Waals surface area (Å²) in [5, 5.41) is 13.1. The van der Waals surface area contributed by atoms with Gasteiger partial charge in [0.15, 0.2) is 5.76 Å². The highest BCUT2D eigenvalue weighted by molar-refractivity contribution is 5.91. The van der Waals surface area contributed by atoms with Crippen LogP contribution in [0.2, 0.25) is 0 Å². The van der Waals surface area contributed by atoms with Gasteiger partial charge in [-0.25, -0.2) is 0 Å². The van der Waals surface area contributed by atoms with E-state index in [1.165, 1.54) is 0 Å². The lowest BCUT2D eigenvalue weighted by molar-refractivity contribution is 0.0518. The summed E-state index contributed by atoms with van der Waals surface area (Å²) in [5.41, 5.74) is 0.574. The first kappa shape index (κ1) is 14.3. The molecule has 1 unspecified atom stereocenters. The smallest absolute Gasteiger partial charge is 0.287 e. The first-order chi connectivity index (χ1) is 9.40. The van der Waals surface area contributed by atoms with Crippen molar-refractivity contribution in [3.05, 3.63) is 59.0 Å². The van der Waals surface area contributed by atoms with E-state index in [-0.39, 0.29) is 18.2 Å². The number of benzene rings is 1. The van der Waals surface area contributed by atoms with E-state index in [4.69, 9.17) is 4.42 Å². The minimum atomic E-state index is -1.12. The zero-order chi connectivity index (χ0) is 14.8. The average molecular weight is 273 g/mol. The molecule has 0 fully saturated rings. The van der Waals surface area contributed by atoms with Crippen LogP contribution in [-0.2, 0) is 5.60 Å². The van der Waals surface area contributed by atoms with Gasteiger partial charge in [-0.05, 0) is 38.0 Å². The molecule has 20 heavy (non-hydrogen) atoms. The Balaban J connectivity index is 2.03. The molecule has 1 atom stereocenters. The van der Waals surface area contributed by atoms with Crippen LogP contribution in [0.1, 0.15) is 34.4 Å². The van der Waals surface area contributed by atoms with Gasteiger partial charge in [-0.3, -0.25) is 4.79 Å². The number of hydrogen-bond donors (Lipinski definition) is 2. The topological polar surface area (TPSA) is 62.5 Å². The molecule has 4 heteroatoms. The van der Waals surface area contributed by atoms with Gasteiger partial charge in [0.25, 0.3) is 5.91 Å². The van der Waals surface area contributed by atoms with E-state index >= 15 is 0 Å². The molecule has 2 rings (SSSR count). The molecule has 1 aromatic heterocycles. The van der Waals surface area contributed by atoms with Crippen molar-refractivity contribution in [1.29, 1.82) is 0 Å². The number of aliphatic hydroxyl groups is 1. The maximum Gasteiger partial charge on any atom is 0.287 e. The van der Waals surface area contributed by atoms with E-state index in [1.54, 1.807) is 13.0 Å². The predicted octanol–water partition coefficient (Wildman–Crippen LogP) is 2.53. The molecule has 1 heterocycles. The van der Waals surface area contributed by atoms with Crippen LogP contribution in [0.15, 0.2) is 40.8 Å². The van der Waals surface area contributed by atoms with E-state index in [0.29, 0.717) is 0 Å². The zero-order valence-corrected chi connectivity index (χ0v) is 11.9. The van der Waals surface area contributed by atoms with Gasteiger partial charge in [0.05, 0.1) is 6.54 Å². The van der Waals surface area contributed by atoms with Gasteiger partial charge in [-0.15, -0.1) is 0 Å². The molecule has 1 amide bonds. The fourth-order valence-corrected chi connectivity index (χ4v) is 1.92. The largest absolute Gasteiger partial charge is 0.456 e. The minimum absolute atomic E-state index is 0.120. The Labute approximate surface area is 118 Å². The van der Waals surface area contributed by atoms with E-state index in [1.807, 2.05) is 44.2 Å². The van der Waals surface area contributed by atoms with E-state index in [0.717, 1.165) is 16.9 Å². The van der Waals surface area contributed by atoms with Crippen LogP contribution in [0, 0.1) is 13.8 Å². The molecule has 2 aromatic rings. The molecule has 0 bridgehead atoms. The Morgan fingerprint density at radius 1 is 1.30 bits per heavy atom. The number of amides is 1. The third-order valence-electron chi connectivity index (χ3n) is 3.38. The van der Waals surface area contributed by atoms with Crippen LogP contribution < -0.4 is 5.32 Å². The monoisotopic (exact) mass is 273 g/mol. The SMILES string of the molecule is Cc1cc(C(=O)NCC(C)(O)c2ccccc2)oc1C. The van der Waals surface area contributed by atoms with Crippen LogP contribution in [0.5, 0.6) is 0 Å². The summed E-state index contributed by atoms with van der Waals surface area (Å²) in [7, 11) is 0. The van der Waals surface area contributed by atoms with Crippen LogP contribution in [0.3, 0.4) is 0 Å². The summed E-state index contributed by atoms with van der Waals surface area (Å²) in [6, 6.07) is 10.9. The lowest BCUT2D eigenvalue weighted by atomic mass is 9.96. The second-order valence-corrected chi connectivity index (χ2v) is 5.17. The molecule has 1 aromatic carbocycles. The van der Waals surface area contributed by atoms with Crippen LogP contribution in [0.4, 0.5) is 0 Å². The highest BCUT2D eigenvalue weighted by atomic mass is 16.3. The Kier molecular flexibility index (Phi) is 3.95. The van der Waals surface area contributed by atoms with Gasteiger partial charge in [0.2, 0.25) is 0 Å². The van der Waals surface area contributed by atoms with Gasteiger partial charge in [0, 0.05) is 0 Å². The van der Waals surface area contributed by atoms with E-state index in [2.05, 4.69) is 5.32 Å². The molecule has 0 aliphatic rings.